The molecule has 3 rings (SSSR count). The molecule has 1 atom stereocenters. The van der Waals surface area contributed by atoms with Gasteiger partial charge in [-0.3, -0.25) is 14.6 Å². The maximum absolute atomic E-state index is 12.5. The van der Waals surface area contributed by atoms with Crippen LogP contribution in [0.5, 0.6) is 0 Å². The van der Waals surface area contributed by atoms with E-state index in [2.05, 4.69) is 52.4 Å². The molecule has 0 spiro atoms. The molecule has 28 heavy (non-hydrogen) atoms. The minimum absolute atomic E-state index is 0.0844. The normalized spacial score (nSPS) is 16.3. The Hall–Kier alpha value is -2.68. The molecule has 5 nitrogen and oxygen atoms in total. The lowest BCUT2D eigenvalue weighted by atomic mass is 10.1. The molecule has 1 amide bonds. The molecule has 146 valence electrons. The van der Waals surface area contributed by atoms with Crippen molar-refractivity contribution in [3.63, 3.8) is 0 Å². The summed E-state index contributed by atoms with van der Waals surface area (Å²) >= 11 is 0. The van der Waals surface area contributed by atoms with Crippen molar-refractivity contribution in [3.8, 4) is 6.07 Å². The summed E-state index contributed by atoms with van der Waals surface area (Å²) in [5, 5.41) is 11.9. The molecule has 1 N–H and O–H groups in total. The van der Waals surface area contributed by atoms with E-state index >= 15 is 0 Å². The van der Waals surface area contributed by atoms with E-state index in [1.807, 2.05) is 31.2 Å². The Morgan fingerprint density at radius 2 is 1.64 bits per heavy atom. The van der Waals surface area contributed by atoms with Crippen molar-refractivity contribution in [2.75, 3.05) is 26.2 Å². The van der Waals surface area contributed by atoms with Crippen LogP contribution in [-0.2, 0) is 17.9 Å². The standard InChI is InChI=1S/C23H28N4O/c1-18-3-5-21(6-4-18)16-25-23(28)19(2)27-13-11-26(12-14-27)17-22-9-7-20(15-24)8-10-22/h3-10,19H,11-14,16-17H2,1-2H3,(H,25,28). The number of nitrogens with zero attached hydrogens (tertiary/aromatic N) is 3. The summed E-state index contributed by atoms with van der Waals surface area (Å²) in [5.41, 5.74) is 4.26. The first-order chi connectivity index (χ1) is 13.5. The van der Waals surface area contributed by atoms with Gasteiger partial charge in [0.25, 0.3) is 0 Å². The van der Waals surface area contributed by atoms with Gasteiger partial charge in [-0.15, -0.1) is 0 Å². The number of nitriles is 1. The largest absolute Gasteiger partial charge is 0.351 e. The molecular formula is C23H28N4O. The van der Waals surface area contributed by atoms with E-state index in [-0.39, 0.29) is 11.9 Å². The van der Waals surface area contributed by atoms with Crippen LogP contribution >= 0.6 is 0 Å². The minimum Gasteiger partial charge on any atom is -0.351 e. The highest BCUT2D eigenvalue weighted by atomic mass is 16.2. The van der Waals surface area contributed by atoms with Crippen LogP contribution in [-0.4, -0.2) is 47.9 Å². The lowest BCUT2D eigenvalue weighted by Crippen LogP contribution is -2.53. The lowest BCUT2D eigenvalue weighted by Gasteiger charge is -2.37. The minimum atomic E-state index is -0.123. The molecule has 1 unspecified atom stereocenters. The van der Waals surface area contributed by atoms with E-state index in [4.69, 9.17) is 5.26 Å². The first kappa shape index (κ1) is 20.1. The second-order valence-electron chi connectivity index (χ2n) is 7.50. The summed E-state index contributed by atoms with van der Waals surface area (Å²) in [5.74, 6) is 0.0844. The SMILES string of the molecule is Cc1ccc(CNC(=O)C(C)N2CCN(Cc3ccc(C#N)cc3)CC2)cc1. The Kier molecular flexibility index (Phi) is 6.80. The number of benzene rings is 2. The van der Waals surface area contributed by atoms with Gasteiger partial charge in [0.2, 0.25) is 5.91 Å². The number of nitrogens with one attached hydrogen (secondary N) is 1. The number of amides is 1. The van der Waals surface area contributed by atoms with Crippen LogP contribution in [0.4, 0.5) is 0 Å². The van der Waals surface area contributed by atoms with Crippen molar-refractivity contribution in [2.24, 2.45) is 0 Å². The number of carbonyl (C=O) groups is 1. The lowest BCUT2D eigenvalue weighted by molar-refractivity contribution is -0.126. The Morgan fingerprint density at radius 1 is 1.04 bits per heavy atom. The van der Waals surface area contributed by atoms with Gasteiger partial charge in [-0.2, -0.15) is 5.26 Å². The number of hydrogen-bond donors (Lipinski definition) is 1. The highest BCUT2D eigenvalue weighted by molar-refractivity contribution is 5.81. The summed E-state index contributed by atoms with van der Waals surface area (Å²) in [6.45, 7) is 9.15. The average molecular weight is 377 g/mol. The van der Waals surface area contributed by atoms with Gasteiger partial charge < -0.3 is 5.32 Å². The molecule has 0 aliphatic carbocycles. The van der Waals surface area contributed by atoms with Gasteiger partial charge in [0.05, 0.1) is 17.7 Å². The van der Waals surface area contributed by atoms with E-state index in [0.717, 1.165) is 38.3 Å². The zero-order valence-electron chi connectivity index (χ0n) is 16.7. The molecule has 1 aliphatic rings. The molecule has 0 bridgehead atoms. The molecule has 0 radical (unpaired) electrons. The Bertz CT molecular complexity index is 815. The van der Waals surface area contributed by atoms with Crippen LogP contribution in [0.2, 0.25) is 0 Å². The third-order valence-electron chi connectivity index (χ3n) is 5.41. The van der Waals surface area contributed by atoms with E-state index in [0.29, 0.717) is 12.1 Å². The zero-order valence-corrected chi connectivity index (χ0v) is 16.7. The fourth-order valence-electron chi connectivity index (χ4n) is 3.46. The van der Waals surface area contributed by atoms with Crippen molar-refractivity contribution in [1.29, 1.82) is 5.26 Å². The Labute approximate surface area is 167 Å². The summed E-state index contributed by atoms with van der Waals surface area (Å²) < 4.78 is 0. The van der Waals surface area contributed by atoms with Gasteiger partial charge in [-0.05, 0) is 37.1 Å². The van der Waals surface area contributed by atoms with Crippen LogP contribution in [0.25, 0.3) is 0 Å². The number of piperazine rings is 1. The molecule has 2 aromatic carbocycles. The second kappa shape index (κ2) is 9.50. The Morgan fingerprint density at radius 3 is 2.25 bits per heavy atom. The molecule has 1 saturated heterocycles. The average Bonchev–Trinajstić information content (AvgIpc) is 2.73. The van der Waals surface area contributed by atoms with Crippen molar-refractivity contribution in [2.45, 2.75) is 33.0 Å². The number of rotatable bonds is 6. The maximum Gasteiger partial charge on any atom is 0.237 e. The number of carbonyl (C=O) groups excluding carboxylic acids is 1. The fourth-order valence-corrected chi connectivity index (χ4v) is 3.46. The highest BCUT2D eigenvalue weighted by Gasteiger charge is 2.25. The second-order valence-corrected chi connectivity index (χ2v) is 7.50. The van der Waals surface area contributed by atoms with Gasteiger partial charge in [0, 0.05) is 39.3 Å². The quantitative estimate of drug-likeness (QED) is 0.842. The van der Waals surface area contributed by atoms with Crippen LogP contribution in [0.1, 0.15) is 29.2 Å². The topological polar surface area (TPSA) is 59.4 Å². The van der Waals surface area contributed by atoms with Gasteiger partial charge in [-0.25, -0.2) is 0 Å². The summed E-state index contributed by atoms with van der Waals surface area (Å²) in [4.78, 5) is 17.2. The van der Waals surface area contributed by atoms with E-state index in [1.54, 1.807) is 0 Å². The summed E-state index contributed by atoms with van der Waals surface area (Å²) in [6.07, 6.45) is 0. The third kappa shape index (κ3) is 5.41. The van der Waals surface area contributed by atoms with Crippen molar-refractivity contribution in [1.82, 2.24) is 15.1 Å². The van der Waals surface area contributed by atoms with Crippen LogP contribution in [0.3, 0.4) is 0 Å². The predicted molar refractivity (Wildman–Crippen MR) is 110 cm³/mol. The summed E-state index contributed by atoms with van der Waals surface area (Å²) in [7, 11) is 0. The number of aryl methyl sites for hydroxylation is 1. The first-order valence-electron chi connectivity index (χ1n) is 9.84. The van der Waals surface area contributed by atoms with Gasteiger partial charge in [0.15, 0.2) is 0 Å². The molecule has 1 aliphatic heterocycles. The molecule has 1 heterocycles. The van der Waals surface area contributed by atoms with Gasteiger partial charge >= 0.3 is 0 Å². The van der Waals surface area contributed by atoms with Crippen LogP contribution in [0, 0.1) is 18.3 Å². The monoisotopic (exact) mass is 376 g/mol. The van der Waals surface area contributed by atoms with Gasteiger partial charge in [0.1, 0.15) is 0 Å². The van der Waals surface area contributed by atoms with Crippen LogP contribution in [0.15, 0.2) is 48.5 Å². The smallest absolute Gasteiger partial charge is 0.237 e. The molecule has 0 saturated carbocycles. The molecule has 1 fully saturated rings. The van der Waals surface area contributed by atoms with Crippen molar-refractivity contribution < 1.29 is 4.79 Å². The van der Waals surface area contributed by atoms with E-state index < -0.39 is 0 Å². The zero-order chi connectivity index (χ0) is 19.9. The summed E-state index contributed by atoms with van der Waals surface area (Å²) in [6, 6.07) is 18.1. The van der Waals surface area contributed by atoms with Gasteiger partial charge in [-0.1, -0.05) is 42.0 Å². The fraction of sp³-hybridized carbons (Fsp3) is 0.391. The van der Waals surface area contributed by atoms with Crippen molar-refractivity contribution in [3.05, 3.63) is 70.8 Å². The van der Waals surface area contributed by atoms with Crippen LogP contribution < -0.4 is 5.32 Å². The number of hydrogen-bond acceptors (Lipinski definition) is 4. The molecule has 5 heteroatoms. The Balaban J connectivity index is 1.43. The van der Waals surface area contributed by atoms with E-state index in [9.17, 15) is 4.79 Å². The molecule has 0 aromatic heterocycles. The van der Waals surface area contributed by atoms with Crippen molar-refractivity contribution >= 4 is 5.91 Å². The van der Waals surface area contributed by atoms with E-state index in [1.165, 1.54) is 11.1 Å². The highest BCUT2D eigenvalue weighted by Crippen LogP contribution is 2.12. The molecular weight excluding hydrogens is 348 g/mol. The maximum atomic E-state index is 12.5. The molecule has 2 aromatic rings. The third-order valence-corrected chi connectivity index (χ3v) is 5.41. The predicted octanol–water partition coefficient (Wildman–Crippen LogP) is 2.69. The first-order valence-corrected chi connectivity index (χ1v) is 9.84.